The monoisotopic (exact) mass is 380 g/mol. The van der Waals surface area contributed by atoms with Gasteiger partial charge in [0.1, 0.15) is 0 Å². The molecule has 118 valence electrons. The van der Waals surface area contributed by atoms with E-state index in [9.17, 15) is 9.59 Å². The van der Waals surface area contributed by atoms with Crippen molar-refractivity contribution in [3.8, 4) is 5.69 Å². The topological polar surface area (TPSA) is 44.0 Å². The molecule has 0 saturated heterocycles. The van der Waals surface area contributed by atoms with Gasteiger partial charge in [-0.3, -0.25) is 13.9 Å². The minimum Gasteiger partial charge on any atom is -0.268 e. The Hall–Kier alpha value is -2.66. The Labute approximate surface area is 145 Å². The van der Waals surface area contributed by atoms with E-state index in [1.165, 1.54) is 7.05 Å². The standard InChI is InChI=1S/C19H13BrN2O2/c1-21-18(23)14-6-2-3-10-17(14)22(19(21)24)16-11-5-7-12-13(16)8-4-9-15(12)20/h2-11H,1H3. The van der Waals surface area contributed by atoms with Gasteiger partial charge >= 0.3 is 5.69 Å². The van der Waals surface area contributed by atoms with Gasteiger partial charge in [0.25, 0.3) is 5.56 Å². The van der Waals surface area contributed by atoms with E-state index < -0.39 is 0 Å². The van der Waals surface area contributed by atoms with Crippen molar-refractivity contribution in [3.05, 3.63) is 86.0 Å². The molecule has 5 heteroatoms. The van der Waals surface area contributed by atoms with Gasteiger partial charge in [-0.15, -0.1) is 0 Å². The van der Waals surface area contributed by atoms with E-state index in [0.717, 1.165) is 25.5 Å². The summed E-state index contributed by atoms with van der Waals surface area (Å²) in [6.07, 6.45) is 0. The van der Waals surface area contributed by atoms with E-state index in [-0.39, 0.29) is 11.2 Å². The zero-order valence-electron chi connectivity index (χ0n) is 12.9. The second-order valence-corrected chi connectivity index (χ2v) is 6.47. The maximum atomic E-state index is 12.8. The lowest BCUT2D eigenvalue weighted by Crippen LogP contribution is -2.37. The highest BCUT2D eigenvalue weighted by molar-refractivity contribution is 9.10. The highest BCUT2D eigenvalue weighted by Gasteiger charge is 2.14. The van der Waals surface area contributed by atoms with E-state index in [1.54, 1.807) is 22.8 Å². The summed E-state index contributed by atoms with van der Waals surface area (Å²) >= 11 is 3.56. The fourth-order valence-electron chi connectivity index (χ4n) is 3.05. The second-order valence-electron chi connectivity index (χ2n) is 5.61. The zero-order chi connectivity index (χ0) is 16.8. The van der Waals surface area contributed by atoms with Crippen LogP contribution < -0.4 is 11.2 Å². The number of hydrogen-bond donors (Lipinski definition) is 0. The molecule has 24 heavy (non-hydrogen) atoms. The van der Waals surface area contributed by atoms with Crippen LogP contribution in [0, 0.1) is 0 Å². The fraction of sp³-hybridized carbons (Fsp3) is 0.0526. The highest BCUT2D eigenvalue weighted by Crippen LogP contribution is 2.28. The van der Waals surface area contributed by atoms with Crippen LogP contribution in [0.15, 0.2) is 74.7 Å². The Balaban J connectivity index is 2.26. The molecule has 0 aliphatic heterocycles. The molecule has 4 nitrogen and oxygen atoms in total. The van der Waals surface area contributed by atoms with E-state index >= 15 is 0 Å². The van der Waals surface area contributed by atoms with Gasteiger partial charge in [0.15, 0.2) is 0 Å². The first-order chi connectivity index (χ1) is 11.6. The van der Waals surface area contributed by atoms with Crippen molar-refractivity contribution in [1.82, 2.24) is 9.13 Å². The van der Waals surface area contributed by atoms with Crippen molar-refractivity contribution in [3.63, 3.8) is 0 Å². The highest BCUT2D eigenvalue weighted by atomic mass is 79.9. The maximum Gasteiger partial charge on any atom is 0.335 e. The Kier molecular flexibility index (Phi) is 3.39. The third kappa shape index (κ3) is 2.05. The summed E-state index contributed by atoms with van der Waals surface area (Å²) in [4.78, 5) is 25.2. The zero-order valence-corrected chi connectivity index (χ0v) is 14.4. The van der Waals surface area contributed by atoms with Gasteiger partial charge < -0.3 is 0 Å². The van der Waals surface area contributed by atoms with Crippen LogP contribution in [0.5, 0.6) is 0 Å². The van der Waals surface area contributed by atoms with Crippen LogP contribution in [0.4, 0.5) is 0 Å². The SMILES string of the molecule is Cn1c(=O)c2ccccc2n(-c2cccc3c(Br)cccc23)c1=O. The molecule has 0 radical (unpaired) electrons. The number of halogens is 1. The molecule has 0 unspecified atom stereocenters. The van der Waals surface area contributed by atoms with Crippen LogP contribution >= 0.6 is 15.9 Å². The van der Waals surface area contributed by atoms with Crippen molar-refractivity contribution >= 4 is 37.6 Å². The van der Waals surface area contributed by atoms with E-state index in [4.69, 9.17) is 0 Å². The quantitative estimate of drug-likeness (QED) is 0.506. The Morgan fingerprint density at radius 1 is 0.792 bits per heavy atom. The number of benzene rings is 3. The summed E-state index contributed by atoms with van der Waals surface area (Å²) in [5.41, 5.74) is 0.725. The molecule has 4 aromatic rings. The predicted octanol–water partition coefficient (Wildman–Crippen LogP) is 3.61. The molecule has 0 fully saturated rings. The van der Waals surface area contributed by atoms with Crippen molar-refractivity contribution in [2.24, 2.45) is 7.05 Å². The molecule has 0 N–H and O–H groups in total. The van der Waals surface area contributed by atoms with Gasteiger partial charge in [-0.1, -0.05) is 52.3 Å². The lowest BCUT2D eigenvalue weighted by Gasteiger charge is -2.14. The summed E-state index contributed by atoms with van der Waals surface area (Å²) in [6, 6.07) is 18.9. The Morgan fingerprint density at radius 2 is 1.46 bits per heavy atom. The Bertz CT molecular complexity index is 1220. The average Bonchev–Trinajstić information content (AvgIpc) is 2.61. The molecular weight excluding hydrogens is 368 g/mol. The van der Waals surface area contributed by atoms with Gasteiger partial charge in [-0.05, 0) is 29.7 Å². The molecule has 0 atom stereocenters. The molecule has 1 heterocycles. The van der Waals surface area contributed by atoms with Crippen LogP contribution in [-0.2, 0) is 7.05 Å². The number of para-hydroxylation sites is 1. The van der Waals surface area contributed by atoms with E-state index in [0.29, 0.717) is 10.9 Å². The van der Waals surface area contributed by atoms with E-state index in [2.05, 4.69) is 15.9 Å². The van der Waals surface area contributed by atoms with Crippen LogP contribution in [-0.4, -0.2) is 9.13 Å². The molecule has 0 spiro atoms. The molecule has 0 aliphatic rings. The number of aromatic nitrogens is 2. The minimum absolute atomic E-state index is 0.284. The molecule has 4 rings (SSSR count). The van der Waals surface area contributed by atoms with E-state index in [1.807, 2.05) is 42.5 Å². The number of hydrogen-bond acceptors (Lipinski definition) is 2. The summed E-state index contributed by atoms with van der Waals surface area (Å²) in [6.45, 7) is 0. The fourth-order valence-corrected chi connectivity index (χ4v) is 3.55. The summed E-state index contributed by atoms with van der Waals surface area (Å²) < 4.78 is 3.72. The molecular formula is C19H13BrN2O2. The largest absolute Gasteiger partial charge is 0.335 e. The summed E-state index contributed by atoms with van der Waals surface area (Å²) in [7, 11) is 1.51. The van der Waals surface area contributed by atoms with Crippen molar-refractivity contribution < 1.29 is 0 Å². The minimum atomic E-state index is -0.355. The molecule has 0 aliphatic carbocycles. The maximum absolute atomic E-state index is 12.8. The molecule has 0 saturated carbocycles. The van der Waals surface area contributed by atoms with Gasteiger partial charge in [0.05, 0.1) is 16.6 Å². The molecule has 0 amide bonds. The first-order valence-corrected chi connectivity index (χ1v) is 8.27. The van der Waals surface area contributed by atoms with Crippen molar-refractivity contribution in [2.45, 2.75) is 0 Å². The number of fused-ring (bicyclic) bond motifs is 2. The first-order valence-electron chi connectivity index (χ1n) is 7.48. The van der Waals surface area contributed by atoms with Gasteiger partial charge in [0, 0.05) is 16.9 Å². The molecule has 0 bridgehead atoms. The second kappa shape index (κ2) is 5.46. The lowest BCUT2D eigenvalue weighted by molar-refractivity contribution is 0.754. The van der Waals surface area contributed by atoms with Gasteiger partial charge in [0.2, 0.25) is 0 Å². The van der Waals surface area contributed by atoms with Crippen LogP contribution in [0.25, 0.3) is 27.4 Å². The van der Waals surface area contributed by atoms with Crippen LogP contribution in [0.2, 0.25) is 0 Å². The third-order valence-electron chi connectivity index (χ3n) is 4.24. The van der Waals surface area contributed by atoms with Crippen molar-refractivity contribution in [1.29, 1.82) is 0 Å². The average molecular weight is 381 g/mol. The molecule has 3 aromatic carbocycles. The summed E-state index contributed by atoms with van der Waals surface area (Å²) in [5, 5.41) is 2.48. The van der Waals surface area contributed by atoms with Crippen LogP contribution in [0.3, 0.4) is 0 Å². The third-order valence-corrected chi connectivity index (χ3v) is 4.94. The lowest BCUT2D eigenvalue weighted by atomic mass is 10.1. The van der Waals surface area contributed by atoms with Crippen molar-refractivity contribution in [2.75, 3.05) is 0 Å². The van der Waals surface area contributed by atoms with Crippen LogP contribution in [0.1, 0.15) is 0 Å². The predicted molar refractivity (Wildman–Crippen MR) is 100.0 cm³/mol. The van der Waals surface area contributed by atoms with Gasteiger partial charge in [-0.25, -0.2) is 4.79 Å². The Morgan fingerprint density at radius 3 is 2.29 bits per heavy atom. The number of rotatable bonds is 1. The van der Waals surface area contributed by atoms with Gasteiger partial charge in [-0.2, -0.15) is 0 Å². The first kappa shape index (κ1) is 14.9. The normalized spacial score (nSPS) is 11.2. The number of nitrogens with zero attached hydrogens (tertiary/aromatic N) is 2. The molecule has 1 aromatic heterocycles. The smallest absolute Gasteiger partial charge is 0.268 e. The summed E-state index contributed by atoms with van der Waals surface area (Å²) in [5.74, 6) is 0.